The van der Waals surface area contributed by atoms with E-state index in [1.165, 1.54) is 0 Å². The van der Waals surface area contributed by atoms with Crippen LogP contribution in [0.1, 0.15) is 18.0 Å². The molecule has 0 fully saturated rings. The van der Waals surface area contributed by atoms with Gasteiger partial charge < -0.3 is 14.5 Å². The van der Waals surface area contributed by atoms with Crippen LogP contribution >= 0.6 is 0 Å². The van der Waals surface area contributed by atoms with Crippen molar-refractivity contribution in [2.75, 3.05) is 12.4 Å². The van der Waals surface area contributed by atoms with E-state index in [-0.39, 0.29) is 5.91 Å². The first-order valence-corrected chi connectivity index (χ1v) is 6.03. The number of rotatable bonds is 5. The largest absolute Gasteiger partial charge is 0.495 e. The number of benzene rings is 1. The summed E-state index contributed by atoms with van der Waals surface area (Å²) in [6.07, 6.45) is 2.48. The first-order chi connectivity index (χ1) is 9.19. The van der Waals surface area contributed by atoms with Gasteiger partial charge >= 0.3 is 0 Å². The fourth-order valence-electron chi connectivity index (χ4n) is 1.73. The van der Waals surface area contributed by atoms with Crippen LogP contribution in [0.25, 0.3) is 0 Å². The number of hydrogen-bond acceptors (Lipinski definition) is 4. The van der Waals surface area contributed by atoms with Crippen LogP contribution in [-0.4, -0.2) is 18.0 Å². The summed E-state index contributed by atoms with van der Waals surface area (Å²) < 4.78 is 10.3. The zero-order chi connectivity index (χ0) is 13.7. The molecule has 0 saturated heterocycles. The van der Waals surface area contributed by atoms with Crippen molar-refractivity contribution in [1.29, 1.82) is 0 Å². The van der Waals surface area contributed by atoms with E-state index in [0.717, 1.165) is 5.69 Å². The second kappa shape index (κ2) is 6.04. The third-order valence-electron chi connectivity index (χ3n) is 2.66. The molecule has 1 N–H and O–H groups in total. The van der Waals surface area contributed by atoms with Crippen LogP contribution in [0.2, 0.25) is 0 Å². The van der Waals surface area contributed by atoms with Crippen molar-refractivity contribution in [1.82, 2.24) is 4.98 Å². The van der Waals surface area contributed by atoms with Gasteiger partial charge in [0.2, 0.25) is 5.91 Å². The van der Waals surface area contributed by atoms with E-state index in [9.17, 15) is 4.79 Å². The van der Waals surface area contributed by atoms with Crippen LogP contribution in [0.5, 0.6) is 5.75 Å². The molecule has 0 bridgehead atoms. The number of ether oxygens (including phenoxy) is 1. The number of nitrogens with zero attached hydrogens (tertiary/aromatic N) is 1. The smallest absolute Gasteiger partial charge is 0.224 e. The second-order valence-corrected chi connectivity index (χ2v) is 4.11. The number of carbonyl (C=O) groups excluding carboxylic acids is 1. The average Bonchev–Trinajstić information content (AvgIpc) is 2.83. The number of carbonyl (C=O) groups is 1. The highest BCUT2D eigenvalue weighted by atomic mass is 16.5. The molecule has 0 atom stereocenters. The summed E-state index contributed by atoms with van der Waals surface area (Å²) in [7, 11) is 1.57. The molecule has 1 aromatic carbocycles. The predicted octanol–water partition coefficient (Wildman–Crippen LogP) is 2.56. The van der Waals surface area contributed by atoms with Gasteiger partial charge in [0.1, 0.15) is 12.0 Å². The molecule has 5 heteroatoms. The van der Waals surface area contributed by atoms with Gasteiger partial charge in [-0.05, 0) is 12.1 Å². The average molecular weight is 260 g/mol. The summed E-state index contributed by atoms with van der Waals surface area (Å²) in [5.41, 5.74) is 1.46. The Hall–Kier alpha value is -2.30. The number of methoxy groups -OCH3 is 1. The number of aryl methyl sites for hydroxylation is 2. The van der Waals surface area contributed by atoms with Gasteiger partial charge in [0.25, 0.3) is 0 Å². The maximum atomic E-state index is 11.8. The van der Waals surface area contributed by atoms with Gasteiger partial charge in [-0.2, -0.15) is 0 Å². The topological polar surface area (TPSA) is 64.4 Å². The summed E-state index contributed by atoms with van der Waals surface area (Å²) in [4.78, 5) is 16.0. The van der Waals surface area contributed by atoms with Crippen LogP contribution < -0.4 is 10.1 Å². The van der Waals surface area contributed by atoms with E-state index in [2.05, 4.69) is 10.3 Å². The van der Waals surface area contributed by atoms with E-state index in [1.54, 1.807) is 32.4 Å². The van der Waals surface area contributed by atoms with Crippen LogP contribution in [0.3, 0.4) is 0 Å². The highest BCUT2D eigenvalue weighted by Crippen LogP contribution is 2.23. The molecule has 0 saturated carbocycles. The molecule has 1 heterocycles. The highest BCUT2D eigenvalue weighted by Gasteiger charge is 2.08. The van der Waals surface area contributed by atoms with E-state index in [1.807, 2.05) is 12.1 Å². The summed E-state index contributed by atoms with van der Waals surface area (Å²) >= 11 is 0. The van der Waals surface area contributed by atoms with Crippen molar-refractivity contribution in [2.45, 2.75) is 19.8 Å². The van der Waals surface area contributed by atoms with Crippen LogP contribution in [0, 0.1) is 6.92 Å². The van der Waals surface area contributed by atoms with E-state index < -0.39 is 0 Å². The van der Waals surface area contributed by atoms with Crippen molar-refractivity contribution in [3.8, 4) is 5.75 Å². The molecule has 2 rings (SSSR count). The summed E-state index contributed by atoms with van der Waals surface area (Å²) in [5.74, 6) is 1.18. The summed E-state index contributed by atoms with van der Waals surface area (Å²) in [6, 6.07) is 7.30. The zero-order valence-corrected chi connectivity index (χ0v) is 11.0. The molecule has 1 amide bonds. The number of anilines is 1. The zero-order valence-electron chi connectivity index (χ0n) is 11.0. The lowest BCUT2D eigenvalue weighted by Crippen LogP contribution is -2.13. The molecule has 1 aromatic heterocycles. The Bertz CT molecular complexity index is 563. The number of hydrogen-bond donors (Lipinski definition) is 1. The third kappa shape index (κ3) is 3.58. The lowest BCUT2D eigenvalue weighted by atomic mass is 10.2. The standard InChI is InChI=1S/C14H16N2O3/c1-10-15-11(9-19-10)7-8-14(17)16-12-5-3-4-6-13(12)18-2/h3-6,9H,7-8H2,1-2H3,(H,16,17). The van der Waals surface area contributed by atoms with Crippen molar-refractivity contribution in [3.63, 3.8) is 0 Å². The minimum Gasteiger partial charge on any atom is -0.495 e. The van der Waals surface area contributed by atoms with Gasteiger partial charge in [0.05, 0.1) is 18.5 Å². The van der Waals surface area contributed by atoms with Gasteiger partial charge in [-0.25, -0.2) is 4.98 Å². The van der Waals surface area contributed by atoms with E-state index in [0.29, 0.717) is 30.2 Å². The lowest BCUT2D eigenvalue weighted by molar-refractivity contribution is -0.116. The minimum absolute atomic E-state index is 0.0786. The monoisotopic (exact) mass is 260 g/mol. The second-order valence-electron chi connectivity index (χ2n) is 4.11. The first kappa shape index (κ1) is 13.1. The maximum absolute atomic E-state index is 11.8. The number of oxazole rings is 1. The summed E-state index contributed by atoms with van der Waals surface area (Å²) in [5, 5.41) is 2.82. The Labute approximate surface area is 111 Å². The number of para-hydroxylation sites is 2. The number of amides is 1. The molecule has 100 valence electrons. The number of nitrogens with one attached hydrogen (secondary N) is 1. The summed E-state index contributed by atoms with van der Waals surface area (Å²) in [6.45, 7) is 1.78. The molecule has 0 aliphatic rings. The Morgan fingerprint density at radius 2 is 2.21 bits per heavy atom. The van der Waals surface area contributed by atoms with Gasteiger partial charge in [-0.1, -0.05) is 12.1 Å². The predicted molar refractivity (Wildman–Crippen MR) is 71.2 cm³/mol. The molecule has 2 aromatic rings. The van der Waals surface area contributed by atoms with Crippen molar-refractivity contribution in [2.24, 2.45) is 0 Å². The molecule has 5 nitrogen and oxygen atoms in total. The van der Waals surface area contributed by atoms with Gasteiger partial charge in [-0.3, -0.25) is 4.79 Å². The Morgan fingerprint density at radius 1 is 1.42 bits per heavy atom. The van der Waals surface area contributed by atoms with Gasteiger partial charge in [0, 0.05) is 19.8 Å². The number of aromatic nitrogens is 1. The Morgan fingerprint density at radius 3 is 2.89 bits per heavy atom. The quantitative estimate of drug-likeness (QED) is 0.897. The van der Waals surface area contributed by atoms with Crippen molar-refractivity contribution < 1.29 is 13.9 Å². The first-order valence-electron chi connectivity index (χ1n) is 6.03. The molecule has 19 heavy (non-hydrogen) atoms. The van der Waals surface area contributed by atoms with Gasteiger partial charge in [0.15, 0.2) is 5.89 Å². The minimum atomic E-state index is -0.0786. The molecule has 0 radical (unpaired) electrons. The SMILES string of the molecule is COc1ccccc1NC(=O)CCc1coc(C)n1. The third-order valence-corrected chi connectivity index (χ3v) is 2.66. The molecule has 0 unspecified atom stereocenters. The van der Waals surface area contributed by atoms with Gasteiger partial charge in [-0.15, -0.1) is 0 Å². The Kier molecular flexibility index (Phi) is 4.18. The molecule has 0 aliphatic carbocycles. The highest BCUT2D eigenvalue weighted by molar-refractivity contribution is 5.92. The fraction of sp³-hybridized carbons (Fsp3) is 0.286. The van der Waals surface area contributed by atoms with E-state index in [4.69, 9.17) is 9.15 Å². The molecule has 0 spiro atoms. The van der Waals surface area contributed by atoms with Crippen LogP contribution in [0.4, 0.5) is 5.69 Å². The molecular formula is C14H16N2O3. The normalized spacial score (nSPS) is 10.2. The van der Waals surface area contributed by atoms with E-state index >= 15 is 0 Å². The van der Waals surface area contributed by atoms with Crippen LogP contribution in [0.15, 0.2) is 34.9 Å². The Balaban J connectivity index is 1.90. The molecular weight excluding hydrogens is 244 g/mol. The maximum Gasteiger partial charge on any atom is 0.224 e. The van der Waals surface area contributed by atoms with Crippen LogP contribution in [-0.2, 0) is 11.2 Å². The lowest BCUT2D eigenvalue weighted by Gasteiger charge is -2.09. The fourth-order valence-corrected chi connectivity index (χ4v) is 1.73. The van der Waals surface area contributed by atoms with Crippen molar-refractivity contribution >= 4 is 11.6 Å². The van der Waals surface area contributed by atoms with Crippen molar-refractivity contribution in [3.05, 3.63) is 42.1 Å². The molecule has 0 aliphatic heterocycles.